The van der Waals surface area contributed by atoms with Gasteiger partial charge in [-0.15, -0.1) is 0 Å². The lowest BCUT2D eigenvalue weighted by Gasteiger charge is -2.37. The summed E-state index contributed by atoms with van der Waals surface area (Å²) < 4.78 is 0. The quantitative estimate of drug-likeness (QED) is 0.520. The number of carbonyl (C=O) groups excluding carboxylic acids is 1. The second-order valence-corrected chi connectivity index (χ2v) is 9.54. The number of hydrogen-bond acceptors (Lipinski definition) is 2. The van der Waals surface area contributed by atoms with E-state index in [0.29, 0.717) is 23.6 Å². The Labute approximate surface area is 179 Å². The van der Waals surface area contributed by atoms with Gasteiger partial charge in [0.2, 0.25) is 5.91 Å². The van der Waals surface area contributed by atoms with Gasteiger partial charge in [-0.25, -0.2) is 4.98 Å². The lowest BCUT2D eigenvalue weighted by Crippen LogP contribution is -2.44. The SMILES string of the molecule is Cc1cc(C)c2nc(Cl)c(CN(C(=O)C3CCCCC3)C3CCCCC3)cc2c1. The van der Waals surface area contributed by atoms with Gasteiger partial charge in [-0.2, -0.15) is 0 Å². The van der Waals surface area contributed by atoms with Gasteiger partial charge in [0, 0.05) is 29.5 Å². The molecule has 156 valence electrons. The van der Waals surface area contributed by atoms with E-state index >= 15 is 0 Å². The van der Waals surface area contributed by atoms with Crippen LogP contribution in [0.2, 0.25) is 5.15 Å². The Kier molecular flexibility index (Phi) is 6.44. The van der Waals surface area contributed by atoms with Crippen molar-refractivity contribution in [3.05, 3.63) is 40.0 Å². The van der Waals surface area contributed by atoms with Crippen LogP contribution in [0, 0.1) is 19.8 Å². The summed E-state index contributed by atoms with van der Waals surface area (Å²) in [6.07, 6.45) is 11.7. The molecule has 1 aromatic carbocycles. The monoisotopic (exact) mass is 412 g/mol. The van der Waals surface area contributed by atoms with Crippen LogP contribution < -0.4 is 0 Å². The van der Waals surface area contributed by atoms with Crippen LogP contribution in [0.4, 0.5) is 0 Å². The zero-order chi connectivity index (χ0) is 20.4. The highest BCUT2D eigenvalue weighted by Gasteiger charge is 2.32. The second-order valence-electron chi connectivity index (χ2n) is 9.18. The van der Waals surface area contributed by atoms with Crippen LogP contribution in [0.5, 0.6) is 0 Å². The molecule has 0 aliphatic heterocycles. The number of aromatic nitrogens is 1. The molecule has 0 unspecified atom stereocenters. The van der Waals surface area contributed by atoms with Crippen molar-refractivity contribution in [1.29, 1.82) is 0 Å². The number of halogens is 1. The number of benzene rings is 1. The van der Waals surface area contributed by atoms with Crippen LogP contribution in [0.1, 0.15) is 80.9 Å². The fourth-order valence-corrected chi connectivity index (χ4v) is 5.53. The molecule has 2 aliphatic carbocycles. The largest absolute Gasteiger partial charge is 0.335 e. The summed E-state index contributed by atoms with van der Waals surface area (Å²) in [6.45, 7) is 4.79. The normalized spacial score (nSPS) is 18.9. The van der Waals surface area contributed by atoms with Gasteiger partial charge < -0.3 is 4.90 Å². The average molecular weight is 413 g/mol. The second kappa shape index (κ2) is 9.04. The van der Waals surface area contributed by atoms with Crippen LogP contribution in [0.15, 0.2) is 18.2 Å². The van der Waals surface area contributed by atoms with Crippen molar-refractivity contribution in [2.24, 2.45) is 5.92 Å². The molecule has 0 saturated heterocycles. The molecule has 0 N–H and O–H groups in total. The highest BCUT2D eigenvalue weighted by Crippen LogP contribution is 2.32. The molecule has 2 saturated carbocycles. The number of nitrogens with zero attached hydrogens (tertiary/aromatic N) is 2. The first-order valence-electron chi connectivity index (χ1n) is 11.4. The Balaban J connectivity index is 1.66. The summed E-state index contributed by atoms with van der Waals surface area (Å²) in [5.41, 5.74) is 4.33. The maximum Gasteiger partial charge on any atom is 0.226 e. The van der Waals surface area contributed by atoms with E-state index in [1.807, 2.05) is 0 Å². The zero-order valence-electron chi connectivity index (χ0n) is 17.8. The Hall–Kier alpha value is -1.61. The van der Waals surface area contributed by atoms with Crippen molar-refractivity contribution in [3.8, 4) is 0 Å². The van der Waals surface area contributed by atoms with Gasteiger partial charge in [0.05, 0.1) is 5.52 Å². The molecule has 2 aliphatic rings. The Morgan fingerprint density at radius 3 is 2.34 bits per heavy atom. The number of amides is 1. The minimum atomic E-state index is 0.197. The van der Waals surface area contributed by atoms with Crippen molar-refractivity contribution in [1.82, 2.24) is 9.88 Å². The number of fused-ring (bicyclic) bond motifs is 1. The summed E-state index contributed by atoms with van der Waals surface area (Å²) in [5, 5.41) is 1.66. The molecule has 4 rings (SSSR count). The van der Waals surface area contributed by atoms with E-state index in [1.165, 1.54) is 44.1 Å². The molecule has 2 aromatic rings. The molecule has 1 aromatic heterocycles. The summed E-state index contributed by atoms with van der Waals surface area (Å²) in [6, 6.07) is 6.83. The van der Waals surface area contributed by atoms with Crippen molar-refractivity contribution in [2.45, 2.75) is 90.6 Å². The van der Waals surface area contributed by atoms with Gasteiger partial charge in [0.1, 0.15) is 5.15 Å². The molecule has 4 heteroatoms. The van der Waals surface area contributed by atoms with Crippen LogP contribution >= 0.6 is 11.6 Å². The fraction of sp³-hybridized carbons (Fsp3) is 0.600. The minimum absolute atomic E-state index is 0.197. The summed E-state index contributed by atoms with van der Waals surface area (Å²) >= 11 is 6.64. The van der Waals surface area contributed by atoms with Crippen molar-refractivity contribution in [2.75, 3.05) is 0 Å². The summed E-state index contributed by atoms with van der Waals surface area (Å²) in [7, 11) is 0. The number of rotatable bonds is 4. The van der Waals surface area contributed by atoms with Gasteiger partial charge in [0.15, 0.2) is 0 Å². The highest BCUT2D eigenvalue weighted by atomic mass is 35.5. The zero-order valence-corrected chi connectivity index (χ0v) is 18.6. The molecule has 1 amide bonds. The van der Waals surface area contributed by atoms with E-state index < -0.39 is 0 Å². The molecule has 0 spiro atoms. The van der Waals surface area contributed by atoms with E-state index in [-0.39, 0.29) is 5.92 Å². The van der Waals surface area contributed by atoms with Gasteiger partial charge >= 0.3 is 0 Å². The Morgan fingerprint density at radius 1 is 1.00 bits per heavy atom. The predicted molar refractivity (Wildman–Crippen MR) is 120 cm³/mol. The smallest absolute Gasteiger partial charge is 0.226 e. The van der Waals surface area contributed by atoms with Crippen molar-refractivity contribution < 1.29 is 4.79 Å². The van der Waals surface area contributed by atoms with E-state index in [1.54, 1.807) is 0 Å². The maximum absolute atomic E-state index is 13.5. The number of aryl methyl sites for hydroxylation is 2. The van der Waals surface area contributed by atoms with Gasteiger partial charge in [-0.1, -0.05) is 61.8 Å². The van der Waals surface area contributed by atoms with Crippen LogP contribution in [-0.2, 0) is 11.3 Å². The van der Waals surface area contributed by atoms with Gasteiger partial charge in [-0.05, 0) is 57.2 Å². The van der Waals surface area contributed by atoms with E-state index in [4.69, 9.17) is 16.6 Å². The molecule has 29 heavy (non-hydrogen) atoms. The summed E-state index contributed by atoms with van der Waals surface area (Å²) in [4.78, 5) is 20.4. The fourth-order valence-electron chi connectivity index (χ4n) is 5.33. The first-order valence-corrected chi connectivity index (χ1v) is 11.8. The van der Waals surface area contributed by atoms with E-state index in [0.717, 1.165) is 47.7 Å². The van der Waals surface area contributed by atoms with Crippen molar-refractivity contribution >= 4 is 28.4 Å². The van der Waals surface area contributed by atoms with Crippen LogP contribution in [-0.4, -0.2) is 21.8 Å². The third-order valence-electron chi connectivity index (χ3n) is 6.87. The minimum Gasteiger partial charge on any atom is -0.335 e. The molecule has 3 nitrogen and oxygen atoms in total. The van der Waals surface area contributed by atoms with E-state index in [2.05, 4.69) is 36.9 Å². The average Bonchev–Trinajstić information content (AvgIpc) is 2.73. The maximum atomic E-state index is 13.5. The number of pyridine rings is 1. The predicted octanol–water partition coefficient (Wildman–Crippen LogP) is 6.75. The van der Waals surface area contributed by atoms with E-state index in [9.17, 15) is 4.79 Å². The lowest BCUT2D eigenvalue weighted by atomic mass is 9.86. The molecule has 0 atom stereocenters. The summed E-state index contributed by atoms with van der Waals surface area (Å²) in [5.74, 6) is 0.551. The van der Waals surface area contributed by atoms with Crippen LogP contribution in [0.25, 0.3) is 10.9 Å². The molecular weight excluding hydrogens is 380 g/mol. The Bertz CT molecular complexity index is 882. The molecule has 2 fully saturated rings. The lowest BCUT2D eigenvalue weighted by molar-refractivity contribution is -0.140. The van der Waals surface area contributed by atoms with Gasteiger partial charge in [-0.3, -0.25) is 4.79 Å². The molecular formula is C25H33ClN2O. The van der Waals surface area contributed by atoms with Crippen LogP contribution in [0.3, 0.4) is 0 Å². The highest BCUT2D eigenvalue weighted by molar-refractivity contribution is 6.30. The molecule has 0 radical (unpaired) electrons. The first kappa shape index (κ1) is 20.7. The van der Waals surface area contributed by atoms with Crippen molar-refractivity contribution in [3.63, 3.8) is 0 Å². The number of hydrogen-bond donors (Lipinski definition) is 0. The number of carbonyl (C=O) groups is 1. The third-order valence-corrected chi connectivity index (χ3v) is 7.20. The molecule has 1 heterocycles. The first-order chi connectivity index (χ1) is 14.0. The molecule has 0 bridgehead atoms. The third kappa shape index (κ3) is 4.60. The van der Waals surface area contributed by atoms with Gasteiger partial charge in [0.25, 0.3) is 0 Å². The topological polar surface area (TPSA) is 33.2 Å². The Morgan fingerprint density at radius 2 is 1.66 bits per heavy atom. The standard InChI is InChI=1S/C25H33ClN2O/c1-17-13-18(2)23-20(14-17)15-21(24(26)27-23)16-28(22-11-7-4-8-12-22)25(29)19-9-5-3-6-10-19/h13-15,19,22H,3-12,16H2,1-2H3.